The molecule has 3 unspecified atom stereocenters. The molecule has 0 bridgehead atoms. The predicted molar refractivity (Wildman–Crippen MR) is 307 cm³/mol. The molecule has 0 spiro atoms. The Bertz CT molecular complexity index is 1470. The molecule has 2 N–H and O–H groups in total. The van der Waals surface area contributed by atoms with Crippen LogP contribution in [0, 0.1) is 0 Å². The average Bonchev–Trinajstić information content (AvgIpc) is 3.39. The molecule has 0 heterocycles. The van der Waals surface area contributed by atoms with Crippen molar-refractivity contribution < 1.29 is 52.2 Å². The van der Waals surface area contributed by atoms with E-state index < -0.39 is 57.8 Å². The lowest BCUT2D eigenvalue weighted by Crippen LogP contribution is -2.30. The van der Waals surface area contributed by atoms with E-state index in [1.165, 1.54) is 141 Å². The lowest BCUT2D eigenvalue weighted by Gasteiger charge is -2.21. The predicted octanol–water partition coefficient (Wildman–Crippen LogP) is 17.9. The number of hydrogen-bond donors (Lipinski definition) is 2. The first kappa shape index (κ1) is 71.2. The van der Waals surface area contributed by atoms with Gasteiger partial charge in [0.25, 0.3) is 0 Å². The maximum atomic E-state index is 12.9. The van der Waals surface area contributed by atoms with Gasteiger partial charge in [0, 0.05) is 19.3 Å². The molecule has 0 aliphatic rings. The molecule has 74 heavy (non-hydrogen) atoms. The number of carbonyl (C=O) groups is 3. The Morgan fingerprint density at radius 3 is 1.12 bits per heavy atom. The van der Waals surface area contributed by atoms with Crippen molar-refractivity contribution in [2.45, 2.75) is 290 Å². The van der Waals surface area contributed by atoms with Gasteiger partial charge in [-0.3, -0.25) is 23.4 Å². The number of esters is 3. The molecule has 0 saturated heterocycles. The Hall–Kier alpha value is -2.82. The molecule has 0 aliphatic carbocycles. The second kappa shape index (κ2) is 56.4. The van der Waals surface area contributed by atoms with E-state index in [1.54, 1.807) is 0 Å². The fourth-order valence-corrected chi connectivity index (χ4v) is 9.13. The number of aliphatic hydroxyl groups is 1. The summed E-state index contributed by atoms with van der Waals surface area (Å²) in [5.41, 5.74) is 0. The number of aliphatic hydroxyl groups excluding tert-OH is 1. The van der Waals surface area contributed by atoms with E-state index in [-0.39, 0.29) is 25.9 Å². The van der Waals surface area contributed by atoms with Gasteiger partial charge in [-0.25, -0.2) is 4.57 Å². The highest BCUT2D eigenvalue weighted by Gasteiger charge is 2.28. The minimum absolute atomic E-state index is 0.125. The molecule has 0 aromatic carbocycles. The van der Waals surface area contributed by atoms with E-state index in [0.717, 1.165) is 77.0 Å². The van der Waals surface area contributed by atoms with E-state index in [0.29, 0.717) is 19.3 Å². The van der Waals surface area contributed by atoms with Crippen molar-refractivity contribution in [3.8, 4) is 0 Å². The van der Waals surface area contributed by atoms with Crippen molar-refractivity contribution in [3.05, 3.63) is 60.8 Å². The molecular weight excluding hydrogens is 952 g/mol. The fourth-order valence-electron chi connectivity index (χ4n) is 8.34. The highest BCUT2D eigenvalue weighted by atomic mass is 31.2. The Morgan fingerprint density at radius 2 is 0.703 bits per heavy atom. The molecule has 0 aliphatic heterocycles. The second-order valence-electron chi connectivity index (χ2n) is 20.1. The number of hydrogen-bond acceptors (Lipinski definition) is 10. The van der Waals surface area contributed by atoms with Gasteiger partial charge in [-0.15, -0.1) is 0 Å². The third kappa shape index (κ3) is 54.0. The third-order valence-corrected chi connectivity index (χ3v) is 13.9. The second-order valence-corrected chi connectivity index (χ2v) is 21.6. The van der Waals surface area contributed by atoms with E-state index >= 15 is 0 Å². The minimum atomic E-state index is -4.76. The van der Waals surface area contributed by atoms with Gasteiger partial charge in [-0.1, -0.05) is 236 Å². The highest BCUT2D eigenvalue weighted by molar-refractivity contribution is 7.47. The molecule has 0 rings (SSSR count). The van der Waals surface area contributed by atoms with Gasteiger partial charge in [-0.2, -0.15) is 0 Å². The van der Waals surface area contributed by atoms with Crippen LogP contribution in [-0.4, -0.2) is 66.5 Å². The van der Waals surface area contributed by atoms with Crippen molar-refractivity contribution in [3.63, 3.8) is 0 Å². The van der Waals surface area contributed by atoms with Gasteiger partial charge >= 0.3 is 25.7 Å². The van der Waals surface area contributed by atoms with Crippen LogP contribution >= 0.6 is 7.82 Å². The summed E-state index contributed by atoms with van der Waals surface area (Å²) < 4.78 is 39.5. The Morgan fingerprint density at radius 1 is 0.392 bits per heavy atom. The summed E-state index contributed by atoms with van der Waals surface area (Å²) in [4.78, 5) is 48.6. The molecular formula is C62H111O11P. The molecule has 11 nitrogen and oxygen atoms in total. The summed E-state index contributed by atoms with van der Waals surface area (Å²) in [5.74, 6) is -1.50. The Kier molecular flexibility index (Phi) is 54.2. The van der Waals surface area contributed by atoms with Crippen LogP contribution in [-0.2, 0) is 42.2 Å². The largest absolute Gasteiger partial charge is 0.472 e. The summed E-state index contributed by atoms with van der Waals surface area (Å²) in [6.45, 7) is 4.51. The topological polar surface area (TPSA) is 155 Å². The van der Waals surface area contributed by atoms with Gasteiger partial charge in [0.15, 0.2) is 6.10 Å². The summed E-state index contributed by atoms with van der Waals surface area (Å²) in [6.07, 6.45) is 61.8. The van der Waals surface area contributed by atoms with E-state index in [2.05, 4.69) is 81.5 Å². The molecule has 0 radical (unpaired) electrons. The van der Waals surface area contributed by atoms with Crippen LogP contribution in [0.3, 0.4) is 0 Å². The molecule has 0 amide bonds. The smallest absolute Gasteiger partial charge is 0.462 e. The molecule has 3 atom stereocenters. The van der Waals surface area contributed by atoms with Crippen LogP contribution < -0.4 is 0 Å². The first-order valence-corrected chi connectivity index (χ1v) is 31.7. The van der Waals surface area contributed by atoms with Crippen LogP contribution in [0.5, 0.6) is 0 Å². The van der Waals surface area contributed by atoms with Crippen molar-refractivity contribution in [2.75, 3.05) is 26.4 Å². The van der Waals surface area contributed by atoms with Crippen molar-refractivity contribution in [1.82, 2.24) is 0 Å². The number of carbonyl (C=O) groups excluding carboxylic acids is 3. The Labute approximate surface area is 453 Å². The quantitative estimate of drug-likeness (QED) is 0.0197. The molecule has 12 heteroatoms. The van der Waals surface area contributed by atoms with Gasteiger partial charge in [0.2, 0.25) is 0 Å². The Balaban J connectivity index is 4.72. The van der Waals surface area contributed by atoms with Gasteiger partial charge in [0.05, 0.1) is 19.8 Å². The first-order valence-electron chi connectivity index (χ1n) is 30.2. The number of phosphoric ester groups is 1. The first-order chi connectivity index (χ1) is 36.2. The lowest BCUT2D eigenvalue weighted by molar-refractivity contribution is -0.161. The summed E-state index contributed by atoms with van der Waals surface area (Å²) in [5, 5.41) is 9.81. The maximum absolute atomic E-state index is 12.9. The summed E-state index contributed by atoms with van der Waals surface area (Å²) in [6, 6.07) is 0. The number of unbranched alkanes of at least 4 members (excludes halogenated alkanes) is 29. The average molecular weight is 1060 g/mol. The van der Waals surface area contributed by atoms with Crippen molar-refractivity contribution in [1.29, 1.82) is 0 Å². The van der Waals surface area contributed by atoms with E-state index in [4.69, 9.17) is 23.3 Å². The SMILES string of the molecule is CC/C=C\C/C=C\C/C=C\C/C=C\CCCCC(=O)OC(CO)COP(=O)(O)OCC(COC(=O)CCCCCCCCCCCCCCC)OC(=O)CCCCCCCCCCC/C=C\CCCCCCCC. The normalized spacial score (nSPS) is 13.7. The zero-order valence-electron chi connectivity index (χ0n) is 47.6. The van der Waals surface area contributed by atoms with Crippen molar-refractivity contribution >= 4 is 25.7 Å². The van der Waals surface area contributed by atoms with Gasteiger partial charge < -0.3 is 24.2 Å². The molecule has 0 aromatic rings. The van der Waals surface area contributed by atoms with E-state index in [1.807, 2.05) is 0 Å². The van der Waals surface area contributed by atoms with Crippen LogP contribution in [0.15, 0.2) is 60.8 Å². The third-order valence-electron chi connectivity index (χ3n) is 12.9. The number of rotatable bonds is 56. The zero-order chi connectivity index (χ0) is 54.1. The number of phosphoric acid groups is 1. The van der Waals surface area contributed by atoms with Gasteiger partial charge in [0.1, 0.15) is 12.7 Å². The minimum Gasteiger partial charge on any atom is -0.462 e. The van der Waals surface area contributed by atoms with Crippen molar-refractivity contribution in [2.24, 2.45) is 0 Å². The standard InChI is InChI=1S/C62H111O11P/c1-4-7-10-13-16-19-22-25-27-28-29-30-32-35-38-41-44-47-50-53-62(66)73-59(55-69-60(64)51-48-45-42-39-36-33-24-21-18-15-12-9-6-3)57-71-74(67,68)70-56-58(54-63)72-61(65)52-49-46-43-40-37-34-31-26-23-20-17-14-11-8-5-2/h8,11,17,20,25-27,31,37,40,58-59,63H,4-7,9-10,12-16,18-19,21-24,28-30,32-36,38-39,41-57H2,1-3H3,(H,67,68)/b11-8-,20-17-,27-25-,31-26-,40-37-. The highest BCUT2D eigenvalue weighted by Crippen LogP contribution is 2.43. The monoisotopic (exact) mass is 1060 g/mol. The molecule has 0 fully saturated rings. The van der Waals surface area contributed by atoms with Crippen LogP contribution in [0.4, 0.5) is 0 Å². The zero-order valence-corrected chi connectivity index (χ0v) is 48.5. The summed E-state index contributed by atoms with van der Waals surface area (Å²) >= 11 is 0. The van der Waals surface area contributed by atoms with Crippen LogP contribution in [0.2, 0.25) is 0 Å². The number of ether oxygens (including phenoxy) is 3. The van der Waals surface area contributed by atoms with Crippen LogP contribution in [0.25, 0.3) is 0 Å². The lowest BCUT2D eigenvalue weighted by atomic mass is 10.0. The van der Waals surface area contributed by atoms with Crippen LogP contribution in [0.1, 0.15) is 278 Å². The fraction of sp³-hybridized carbons (Fsp3) is 0.790. The number of allylic oxidation sites excluding steroid dienone is 10. The molecule has 0 saturated carbocycles. The van der Waals surface area contributed by atoms with Gasteiger partial charge in [-0.05, 0) is 83.5 Å². The van der Waals surface area contributed by atoms with E-state index in [9.17, 15) is 28.9 Å². The molecule has 0 aromatic heterocycles. The summed E-state index contributed by atoms with van der Waals surface area (Å²) in [7, 11) is -4.76. The molecule has 430 valence electrons. The maximum Gasteiger partial charge on any atom is 0.472 e.